The normalized spacial score (nSPS) is 12.3. The summed E-state index contributed by atoms with van der Waals surface area (Å²) >= 11 is 0. The minimum Gasteiger partial charge on any atom is -0.462 e. The summed E-state index contributed by atoms with van der Waals surface area (Å²) in [6.45, 7) is 6.65. The van der Waals surface area contributed by atoms with E-state index in [1.54, 1.807) is 0 Å². The Morgan fingerprint density at radius 2 is 0.486 bits per heavy atom. The van der Waals surface area contributed by atoms with Gasteiger partial charge in [0.1, 0.15) is 13.2 Å². The lowest BCUT2D eigenvalue weighted by Crippen LogP contribution is -2.30. The molecule has 0 rings (SSSR count). The van der Waals surface area contributed by atoms with E-state index in [0.717, 1.165) is 70.6 Å². The smallest absolute Gasteiger partial charge is 0.306 e. The molecular weight excluding hydrogens is 913 g/mol. The molecule has 0 saturated carbocycles. The van der Waals surface area contributed by atoms with Gasteiger partial charge in [0.05, 0.1) is 0 Å². The highest BCUT2D eigenvalue weighted by Crippen LogP contribution is 2.17. The molecule has 0 aromatic carbocycles. The number of allylic oxidation sites excluding steroid dienone is 8. The van der Waals surface area contributed by atoms with Gasteiger partial charge in [0, 0.05) is 19.3 Å². The zero-order chi connectivity index (χ0) is 53.6. The molecule has 0 aromatic heterocycles. The van der Waals surface area contributed by atoms with Crippen LogP contribution in [0.4, 0.5) is 0 Å². The Kier molecular flexibility index (Phi) is 60.7. The van der Waals surface area contributed by atoms with Gasteiger partial charge in [-0.2, -0.15) is 0 Å². The highest BCUT2D eigenvalue weighted by atomic mass is 16.6. The first-order valence-corrected chi connectivity index (χ1v) is 32.6. The van der Waals surface area contributed by atoms with E-state index in [-0.39, 0.29) is 31.1 Å². The second kappa shape index (κ2) is 62.9. The fraction of sp³-hybridized carbons (Fsp3) is 0.838. The molecule has 0 aromatic rings. The second-order valence-corrected chi connectivity index (χ2v) is 22.0. The number of hydrogen-bond acceptors (Lipinski definition) is 6. The molecule has 0 amide bonds. The van der Waals surface area contributed by atoms with Crippen molar-refractivity contribution >= 4 is 17.9 Å². The summed E-state index contributed by atoms with van der Waals surface area (Å²) in [5.41, 5.74) is 0. The monoisotopic (exact) mass is 1040 g/mol. The van der Waals surface area contributed by atoms with Crippen molar-refractivity contribution in [3.05, 3.63) is 48.6 Å². The Bertz CT molecular complexity index is 1280. The molecule has 0 heterocycles. The van der Waals surface area contributed by atoms with Crippen LogP contribution in [-0.2, 0) is 28.6 Å². The third kappa shape index (κ3) is 60.2. The van der Waals surface area contributed by atoms with E-state index in [9.17, 15) is 14.4 Å². The molecule has 1 unspecified atom stereocenters. The number of hydrogen-bond donors (Lipinski definition) is 0. The van der Waals surface area contributed by atoms with E-state index in [1.165, 1.54) is 238 Å². The summed E-state index contributed by atoms with van der Waals surface area (Å²) in [6, 6.07) is 0. The van der Waals surface area contributed by atoms with Gasteiger partial charge in [-0.25, -0.2) is 0 Å². The lowest BCUT2D eigenvalue weighted by Gasteiger charge is -2.18. The zero-order valence-electron chi connectivity index (χ0n) is 49.6. The summed E-state index contributed by atoms with van der Waals surface area (Å²) in [4.78, 5) is 38.2. The first-order chi connectivity index (χ1) is 36.5. The maximum Gasteiger partial charge on any atom is 0.306 e. The van der Waals surface area contributed by atoms with Crippen LogP contribution in [0.15, 0.2) is 48.6 Å². The van der Waals surface area contributed by atoms with Crippen LogP contribution in [0.2, 0.25) is 0 Å². The molecule has 0 saturated heterocycles. The van der Waals surface area contributed by atoms with Crippen molar-refractivity contribution < 1.29 is 28.6 Å². The predicted molar refractivity (Wildman–Crippen MR) is 321 cm³/mol. The predicted octanol–water partition coefficient (Wildman–Crippen LogP) is 22.2. The van der Waals surface area contributed by atoms with Gasteiger partial charge < -0.3 is 14.2 Å². The van der Waals surface area contributed by atoms with Gasteiger partial charge in [-0.15, -0.1) is 0 Å². The Balaban J connectivity index is 4.15. The number of rotatable bonds is 60. The Labute approximate surface area is 460 Å². The Morgan fingerprint density at radius 3 is 0.770 bits per heavy atom. The fourth-order valence-electron chi connectivity index (χ4n) is 9.62. The molecule has 6 nitrogen and oxygen atoms in total. The molecule has 0 N–H and O–H groups in total. The molecule has 0 aliphatic heterocycles. The van der Waals surface area contributed by atoms with E-state index in [2.05, 4.69) is 69.4 Å². The van der Waals surface area contributed by atoms with Crippen LogP contribution in [0.5, 0.6) is 0 Å². The summed E-state index contributed by atoms with van der Waals surface area (Å²) < 4.78 is 16.9. The average molecular weight is 1040 g/mol. The second-order valence-electron chi connectivity index (χ2n) is 22.0. The summed E-state index contributed by atoms with van der Waals surface area (Å²) in [5, 5.41) is 0. The number of unbranched alkanes of at least 4 members (excludes halogenated alkanes) is 41. The molecule has 0 fully saturated rings. The van der Waals surface area contributed by atoms with Gasteiger partial charge in [0.15, 0.2) is 6.10 Å². The largest absolute Gasteiger partial charge is 0.462 e. The van der Waals surface area contributed by atoms with Crippen molar-refractivity contribution in [3.63, 3.8) is 0 Å². The average Bonchev–Trinajstić information content (AvgIpc) is 3.40. The molecule has 6 heteroatoms. The van der Waals surface area contributed by atoms with Crippen LogP contribution < -0.4 is 0 Å². The summed E-state index contributed by atoms with van der Waals surface area (Å²) in [6.07, 6.45) is 78.4. The van der Waals surface area contributed by atoms with E-state index < -0.39 is 6.10 Å². The SMILES string of the molecule is CCCCCCC/C=C\C/C=C\C/C=C\CCCCCCCCCCCCCCCCC(=O)OCC(COC(=O)CCCCCCCCCCCC)OC(=O)CCCCCCCCC/C=C\CCCCCCCC. The van der Waals surface area contributed by atoms with Crippen molar-refractivity contribution in [2.45, 2.75) is 354 Å². The van der Waals surface area contributed by atoms with Gasteiger partial charge in [0.25, 0.3) is 0 Å². The van der Waals surface area contributed by atoms with Crippen LogP contribution in [0.3, 0.4) is 0 Å². The zero-order valence-corrected chi connectivity index (χ0v) is 49.6. The van der Waals surface area contributed by atoms with E-state index in [1.807, 2.05) is 0 Å². The first kappa shape index (κ1) is 71.4. The van der Waals surface area contributed by atoms with Gasteiger partial charge in [-0.3, -0.25) is 14.4 Å². The van der Waals surface area contributed by atoms with Crippen molar-refractivity contribution in [2.75, 3.05) is 13.2 Å². The number of esters is 3. The molecule has 1 atom stereocenters. The molecule has 0 radical (unpaired) electrons. The van der Waals surface area contributed by atoms with Crippen molar-refractivity contribution in [3.8, 4) is 0 Å². The highest BCUT2D eigenvalue weighted by molar-refractivity contribution is 5.71. The maximum absolute atomic E-state index is 12.9. The lowest BCUT2D eigenvalue weighted by molar-refractivity contribution is -0.167. The van der Waals surface area contributed by atoms with Crippen LogP contribution in [-0.4, -0.2) is 37.2 Å². The fourth-order valence-corrected chi connectivity index (χ4v) is 9.62. The highest BCUT2D eigenvalue weighted by Gasteiger charge is 2.19. The molecule has 432 valence electrons. The summed E-state index contributed by atoms with van der Waals surface area (Å²) in [5.74, 6) is -0.858. The van der Waals surface area contributed by atoms with Gasteiger partial charge in [-0.05, 0) is 83.5 Å². The quantitative estimate of drug-likeness (QED) is 0.0261. The lowest BCUT2D eigenvalue weighted by atomic mass is 10.0. The molecule has 0 spiro atoms. The molecule has 0 aliphatic carbocycles. The van der Waals surface area contributed by atoms with Gasteiger partial charge in [-0.1, -0.05) is 294 Å². The van der Waals surface area contributed by atoms with Gasteiger partial charge in [0.2, 0.25) is 0 Å². The Morgan fingerprint density at radius 1 is 0.270 bits per heavy atom. The van der Waals surface area contributed by atoms with E-state index in [0.29, 0.717) is 19.3 Å². The number of carbonyl (C=O) groups excluding carboxylic acids is 3. The van der Waals surface area contributed by atoms with E-state index >= 15 is 0 Å². The molecule has 0 bridgehead atoms. The van der Waals surface area contributed by atoms with Crippen molar-refractivity contribution in [1.29, 1.82) is 0 Å². The molecule has 74 heavy (non-hydrogen) atoms. The molecule has 0 aliphatic rings. The summed E-state index contributed by atoms with van der Waals surface area (Å²) in [7, 11) is 0. The first-order valence-electron chi connectivity index (χ1n) is 32.6. The topological polar surface area (TPSA) is 78.9 Å². The Hall–Kier alpha value is -2.63. The third-order valence-corrected chi connectivity index (χ3v) is 14.6. The standard InChI is InChI=1S/C68H124O6/c1-4-7-10-13-16-19-22-24-26-28-29-30-31-32-33-34-35-36-37-38-39-41-42-44-46-49-52-55-58-61-67(70)73-64-65(63-72-66(69)60-57-54-51-48-21-18-15-12-9-6-3)74-68(71)62-59-56-53-50-47-45-43-40-27-25-23-20-17-14-11-8-5-2/h22,24-25,27-29,31-32,65H,4-21,23,26,30,33-64H2,1-3H3/b24-22-,27-25-,29-28-,32-31-. The maximum atomic E-state index is 12.9. The van der Waals surface area contributed by atoms with Crippen molar-refractivity contribution in [2.24, 2.45) is 0 Å². The number of carbonyl (C=O) groups is 3. The van der Waals surface area contributed by atoms with Crippen LogP contribution >= 0.6 is 0 Å². The van der Waals surface area contributed by atoms with Gasteiger partial charge >= 0.3 is 17.9 Å². The van der Waals surface area contributed by atoms with Crippen LogP contribution in [0, 0.1) is 0 Å². The molecular formula is C68H124O6. The van der Waals surface area contributed by atoms with Crippen molar-refractivity contribution in [1.82, 2.24) is 0 Å². The minimum atomic E-state index is -0.772. The van der Waals surface area contributed by atoms with Crippen LogP contribution in [0.1, 0.15) is 348 Å². The van der Waals surface area contributed by atoms with Crippen LogP contribution in [0.25, 0.3) is 0 Å². The minimum absolute atomic E-state index is 0.0708. The number of ether oxygens (including phenoxy) is 3. The third-order valence-electron chi connectivity index (χ3n) is 14.6. The van der Waals surface area contributed by atoms with E-state index in [4.69, 9.17) is 14.2 Å².